The first-order chi connectivity index (χ1) is 18.8. The van der Waals surface area contributed by atoms with Crippen molar-refractivity contribution in [1.82, 2.24) is 20.0 Å². The second-order valence-electron chi connectivity index (χ2n) is 9.13. The van der Waals surface area contributed by atoms with E-state index in [2.05, 4.69) is 10.1 Å². The summed E-state index contributed by atoms with van der Waals surface area (Å²) in [6.45, 7) is 0.273. The monoisotopic (exact) mass is 601 g/mol. The van der Waals surface area contributed by atoms with Gasteiger partial charge in [-0.15, -0.1) is 0 Å². The Kier molecular flexibility index (Phi) is 7.33. The first-order valence-electron chi connectivity index (χ1n) is 11.7. The van der Waals surface area contributed by atoms with Gasteiger partial charge in [0.15, 0.2) is 5.17 Å². The van der Waals surface area contributed by atoms with Crippen LogP contribution in [-0.2, 0) is 22.3 Å². The first-order valence-corrected chi connectivity index (χ1v) is 12.9. The van der Waals surface area contributed by atoms with Crippen molar-refractivity contribution in [1.29, 1.82) is 0 Å². The second kappa shape index (κ2) is 10.5. The van der Waals surface area contributed by atoms with Crippen molar-refractivity contribution in [3.05, 3.63) is 69.2 Å². The summed E-state index contributed by atoms with van der Waals surface area (Å²) in [5.74, 6) is -2.52. The first kappa shape index (κ1) is 28.0. The Balaban J connectivity index is 1.28. The number of fused-ring (bicyclic) bond motifs is 1. The van der Waals surface area contributed by atoms with Gasteiger partial charge < -0.3 is 10.2 Å². The highest BCUT2D eigenvalue weighted by Gasteiger charge is 2.41. The van der Waals surface area contributed by atoms with Gasteiger partial charge in [-0.2, -0.15) is 36.4 Å². The number of likely N-dealkylation sites (tertiary alicyclic amines) is 1. The van der Waals surface area contributed by atoms with E-state index in [1.807, 2.05) is 5.32 Å². The molecule has 0 radical (unpaired) electrons. The number of rotatable bonds is 4. The van der Waals surface area contributed by atoms with Crippen LogP contribution < -0.4 is 5.32 Å². The number of amidine groups is 1. The minimum absolute atomic E-state index is 0.00727. The summed E-state index contributed by atoms with van der Waals surface area (Å²) in [4.78, 5) is 29.6. The Morgan fingerprint density at radius 3 is 2.65 bits per heavy atom. The largest absolute Gasteiger partial charge is 0.471 e. The van der Waals surface area contributed by atoms with Crippen molar-refractivity contribution in [2.75, 3.05) is 13.1 Å². The number of hydrogen-bond donors (Lipinski definition) is 1. The molecule has 0 bridgehead atoms. The molecule has 210 valence electrons. The normalized spacial score (nSPS) is 19.1. The fourth-order valence-corrected chi connectivity index (χ4v) is 5.56. The molecule has 2 amide bonds. The minimum Gasteiger partial charge on any atom is -0.349 e. The van der Waals surface area contributed by atoms with Crippen LogP contribution in [0.2, 0.25) is 5.02 Å². The molecule has 0 unspecified atom stereocenters. The highest BCUT2D eigenvalue weighted by molar-refractivity contribution is 8.18. The molecular weight excluding hydrogens is 584 g/mol. The number of thioether (sulfide) groups is 1. The number of amides is 2. The number of nitrogens with zero attached hydrogens (tertiary/aromatic N) is 4. The number of nitrogens with one attached hydrogen (secondary N) is 1. The van der Waals surface area contributed by atoms with Crippen molar-refractivity contribution in [3.63, 3.8) is 0 Å². The molecule has 15 heteroatoms. The molecule has 3 heterocycles. The van der Waals surface area contributed by atoms with E-state index in [-0.39, 0.29) is 30.1 Å². The summed E-state index contributed by atoms with van der Waals surface area (Å²) >= 11 is 6.83. The molecule has 1 fully saturated rings. The van der Waals surface area contributed by atoms with Gasteiger partial charge in [-0.25, -0.2) is 0 Å². The fourth-order valence-electron chi connectivity index (χ4n) is 4.44. The van der Waals surface area contributed by atoms with Crippen molar-refractivity contribution in [3.8, 4) is 0 Å². The van der Waals surface area contributed by atoms with E-state index in [4.69, 9.17) is 11.6 Å². The Morgan fingerprint density at radius 1 is 1.15 bits per heavy atom. The van der Waals surface area contributed by atoms with Crippen LogP contribution in [0.3, 0.4) is 0 Å². The summed E-state index contributed by atoms with van der Waals surface area (Å²) < 4.78 is 79.5. The Labute approximate surface area is 231 Å². The lowest BCUT2D eigenvalue weighted by molar-refractivity contribution is -0.174. The SMILES string of the molecule is O=C1N=C(N2CC[C@H](NC(=O)C(F)(F)F)C2)SC1=Cc1ccc2c(cnn2Cc2ccc(Cl)cc2C(F)(F)F)c1. The number of benzene rings is 2. The van der Waals surface area contributed by atoms with Crippen molar-refractivity contribution >= 4 is 57.3 Å². The van der Waals surface area contributed by atoms with Gasteiger partial charge in [0.05, 0.1) is 28.7 Å². The van der Waals surface area contributed by atoms with Gasteiger partial charge in [0.25, 0.3) is 5.91 Å². The van der Waals surface area contributed by atoms with Crippen LogP contribution in [-0.4, -0.2) is 57.0 Å². The maximum absolute atomic E-state index is 13.5. The second-order valence-corrected chi connectivity index (χ2v) is 10.6. The van der Waals surface area contributed by atoms with Crippen LogP contribution in [0.25, 0.3) is 17.0 Å². The van der Waals surface area contributed by atoms with E-state index in [0.29, 0.717) is 33.1 Å². The third-order valence-electron chi connectivity index (χ3n) is 6.32. The number of alkyl halides is 6. The predicted molar refractivity (Wildman–Crippen MR) is 137 cm³/mol. The van der Waals surface area contributed by atoms with Gasteiger partial charge in [-0.05, 0) is 59.7 Å². The Hall–Kier alpha value is -3.52. The number of carbonyl (C=O) groups is 2. The number of aromatic nitrogens is 2. The maximum atomic E-state index is 13.5. The molecular formula is C25H18ClF6N5O2S. The van der Waals surface area contributed by atoms with E-state index >= 15 is 0 Å². The lowest BCUT2D eigenvalue weighted by atomic mass is 10.1. The molecule has 0 saturated carbocycles. The zero-order valence-electron chi connectivity index (χ0n) is 20.2. The molecule has 2 aliphatic rings. The average Bonchev–Trinajstić information content (AvgIpc) is 3.58. The van der Waals surface area contributed by atoms with E-state index in [0.717, 1.165) is 17.8 Å². The average molecular weight is 602 g/mol. The molecule has 1 aromatic heterocycles. The summed E-state index contributed by atoms with van der Waals surface area (Å²) in [6, 6.07) is 7.94. The Morgan fingerprint density at radius 2 is 1.93 bits per heavy atom. The maximum Gasteiger partial charge on any atom is 0.471 e. The molecule has 7 nitrogen and oxygen atoms in total. The van der Waals surface area contributed by atoms with E-state index in [1.165, 1.54) is 23.0 Å². The third-order valence-corrected chi connectivity index (χ3v) is 7.60. The molecule has 2 aliphatic heterocycles. The number of aliphatic imine (C=N–C) groups is 1. The molecule has 1 atom stereocenters. The lowest BCUT2D eigenvalue weighted by Crippen LogP contribution is -2.44. The summed E-state index contributed by atoms with van der Waals surface area (Å²) in [5.41, 5.74) is 0.368. The molecule has 3 aromatic rings. The lowest BCUT2D eigenvalue weighted by Gasteiger charge is -2.17. The quantitative estimate of drug-likeness (QED) is 0.317. The highest BCUT2D eigenvalue weighted by atomic mass is 35.5. The minimum atomic E-state index is -4.97. The highest BCUT2D eigenvalue weighted by Crippen LogP contribution is 2.35. The van der Waals surface area contributed by atoms with Crippen molar-refractivity contribution < 1.29 is 35.9 Å². The van der Waals surface area contributed by atoms with Crippen LogP contribution in [0.15, 0.2) is 52.5 Å². The van der Waals surface area contributed by atoms with Crippen LogP contribution in [0.5, 0.6) is 0 Å². The molecule has 40 heavy (non-hydrogen) atoms. The van der Waals surface area contributed by atoms with E-state index in [1.54, 1.807) is 29.2 Å². The van der Waals surface area contributed by atoms with Gasteiger partial charge in [0.1, 0.15) is 0 Å². The molecule has 0 aliphatic carbocycles. The van der Waals surface area contributed by atoms with Gasteiger partial charge in [-0.1, -0.05) is 23.7 Å². The van der Waals surface area contributed by atoms with Gasteiger partial charge in [0.2, 0.25) is 0 Å². The van der Waals surface area contributed by atoms with Crippen LogP contribution in [0.1, 0.15) is 23.1 Å². The zero-order valence-corrected chi connectivity index (χ0v) is 21.8. The van der Waals surface area contributed by atoms with Gasteiger partial charge in [-0.3, -0.25) is 14.3 Å². The predicted octanol–water partition coefficient (Wildman–Crippen LogP) is 5.48. The topological polar surface area (TPSA) is 79.6 Å². The summed E-state index contributed by atoms with van der Waals surface area (Å²) in [7, 11) is 0. The van der Waals surface area contributed by atoms with Gasteiger partial charge in [0, 0.05) is 29.5 Å². The molecule has 1 saturated heterocycles. The van der Waals surface area contributed by atoms with Crippen molar-refractivity contribution in [2.24, 2.45) is 4.99 Å². The molecule has 2 aromatic carbocycles. The van der Waals surface area contributed by atoms with E-state index < -0.39 is 35.8 Å². The number of halogens is 7. The molecule has 5 rings (SSSR count). The van der Waals surface area contributed by atoms with Crippen LogP contribution >= 0.6 is 23.4 Å². The number of carbonyl (C=O) groups excluding carboxylic acids is 2. The van der Waals surface area contributed by atoms with Crippen LogP contribution in [0.4, 0.5) is 26.3 Å². The smallest absolute Gasteiger partial charge is 0.349 e. The summed E-state index contributed by atoms with van der Waals surface area (Å²) in [5, 5.41) is 7.11. The fraction of sp³-hybridized carbons (Fsp3) is 0.280. The third kappa shape index (κ3) is 5.97. The standard InChI is InChI=1S/C25H18ClF6N5O2S/c26-16-3-2-14(18(9-16)24(27,28)29)11-37-19-4-1-13(7-15(19)10-33-37)8-20-21(38)35-23(40-20)36-6-5-17(12-36)34-22(39)25(30,31)32/h1-4,7-10,17H,5-6,11-12H2,(H,34,39)/t17-/m0/s1. The zero-order chi connectivity index (χ0) is 28.8. The van der Waals surface area contributed by atoms with Crippen molar-refractivity contribution in [2.45, 2.75) is 31.4 Å². The summed E-state index contributed by atoms with van der Waals surface area (Å²) in [6.07, 6.45) is -6.18. The van der Waals surface area contributed by atoms with Crippen LogP contribution in [0, 0.1) is 0 Å². The number of hydrogen-bond acceptors (Lipinski definition) is 5. The molecule has 1 N–H and O–H groups in total. The Bertz CT molecular complexity index is 1570. The molecule has 0 spiro atoms. The van der Waals surface area contributed by atoms with Gasteiger partial charge >= 0.3 is 18.3 Å². The van der Waals surface area contributed by atoms with E-state index in [9.17, 15) is 35.9 Å².